The van der Waals surface area contributed by atoms with E-state index >= 15 is 0 Å². The van der Waals surface area contributed by atoms with E-state index in [0.29, 0.717) is 27.3 Å². The van der Waals surface area contributed by atoms with E-state index in [9.17, 15) is 44.1 Å². The summed E-state index contributed by atoms with van der Waals surface area (Å²) >= 11 is 12.6. The molecule has 4 aromatic rings. The molecule has 2 bridgehead atoms. The maximum Gasteiger partial charge on any atom is 0.307 e. The smallest absolute Gasteiger partial charge is 0.307 e. The van der Waals surface area contributed by atoms with Crippen LogP contribution in [0.4, 0.5) is 5.69 Å². The van der Waals surface area contributed by atoms with Crippen molar-refractivity contribution in [3.05, 3.63) is 135 Å². The molecule has 7 N–H and O–H groups in total. The molecule has 0 fully saturated rings. The van der Waals surface area contributed by atoms with E-state index in [4.69, 9.17) is 23.2 Å². The molecule has 0 radical (unpaired) electrons. The van der Waals surface area contributed by atoms with Gasteiger partial charge in [0.2, 0.25) is 11.8 Å². The number of hydrogen-bond acceptors (Lipinski definition) is 8. The number of aliphatic carboxylic acids is 1. The number of rotatable bonds is 7. The highest BCUT2D eigenvalue weighted by Gasteiger charge is 2.36. The van der Waals surface area contributed by atoms with Crippen molar-refractivity contribution in [3.8, 4) is 0 Å². The minimum atomic E-state index is -2.32. The third-order valence-electron chi connectivity index (χ3n) is 9.31. The number of hydrogen-bond donors (Lipinski definition) is 7. The molecule has 13 nitrogen and oxygen atoms in total. The Hall–Kier alpha value is -5.60. The number of benzene rings is 4. The van der Waals surface area contributed by atoms with Crippen molar-refractivity contribution in [3.63, 3.8) is 0 Å². The van der Waals surface area contributed by atoms with E-state index in [1.54, 1.807) is 72.8 Å². The van der Waals surface area contributed by atoms with Gasteiger partial charge in [0.1, 0.15) is 12.1 Å². The first-order valence-corrected chi connectivity index (χ1v) is 18.5. The number of halogens is 2. The number of carboxylic acid groups (broad SMARTS) is 1. The Bertz CT molecular complexity index is 2050. The highest BCUT2D eigenvalue weighted by Crippen LogP contribution is 2.23. The number of carboxylic acids is 1. The number of anilines is 1. The predicted molar refractivity (Wildman–Crippen MR) is 208 cm³/mol. The molecule has 0 aromatic heterocycles. The highest BCUT2D eigenvalue weighted by atomic mass is 35.5. The van der Waals surface area contributed by atoms with Crippen LogP contribution in [0.1, 0.15) is 28.7 Å². The molecule has 15 heteroatoms. The summed E-state index contributed by atoms with van der Waals surface area (Å²) in [6.45, 7) is 0. The Morgan fingerprint density at radius 1 is 0.607 bits per heavy atom. The topological polar surface area (TPSA) is 211 Å². The van der Waals surface area contributed by atoms with Crippen LogP contribution in [-0.4, -0.2) is 81.0 Å². The maximum absolute atomic E-state index is 14.3. The highest BCUT2D eigenvalue weighted by molar-refractivity contribution is 6.35. The van der Waals surface area contributed by atoms with Crippen molar-refractivity contribution in [1.29, 1.82) is 0 Å². The molecular formula is C41H40Cl2N4O9. The fourth-order valence-electron chi connectivity index (χ4n) is 6.22. The van der Waals surface area contributed by atoms with E-state index in [1.165, 1.54) is 30.3 Å². The molecule has 2 heterocycles. The van der Waals surface area contributed by atoms with Crippen LogP contribution in [0.2, 0.25) is 10.0 Å². The molecule has 0 saturated carbocycles. The van der Waals surface area contributed by atoms with Gasteiger partial charge >= 0.3 is 5.97 Å². The number of fused-ring (bicyclic) bond motifs is 18. The van der Waals surface area contributed by atoms with Crippen LogP contribution < -0.4 is 21.3 Å². The number of amides is 4. The summed E-state index contributed by atoms with van der Waals surface area (Å²) in [6.07, 6.45) is -5.47. The molecule has 2 aliphatic rings. The van der Waals surface area contributed by atoms with E-state index in [2.05, 4.69) is 21.3 Å². The molecule has 0 unspecified atom stereocenters. The van der Waals surface area contributed by atoms with Gasteiger partial charge in [-0.05, 0) is 59.4 Å². The van der Waals surface area contributed by atoms with Gasteiger partial charge in [0, 0.05) is 35.0 Å². The zero-order valence-electron chi connectivity index (χ0n) is 29.9. The van der Waals surface area contributed by atoms with Gasteiger partial charge in [-0.1, -0.05) is 102 Å². The lowest BCUT2D eigenvalue weighted by atomic mass is 9.90. The van der Waals surface area contributed by atoms with Gasteiger partial charge in [-0.25, -0.2) is 0 Å². The van der Waals surface area contributed by atoms with Crippen molar-refractivity contribution in [2.24, 2.45) is 5.92 Å². The Balaban J connectivity index is 1.56. The Morgan fingerprint density at radius 3 is 1.70 bits per heavy atom. The summed E-state index contributed by atoms with van der Waals surface area (Å²) in [4.78, 5) is 81.1. The van der Waals surface area contributed by atoms with Gasteiger partial charge in [-0.2, -0.15) is 0 Å². The number of ketones is 1. The van der Waals surface area contributed by atoms with Crippen LogP contribution in [0.5, 0.6) is 0 Å². The molecule has 292 valence electrons. The van der Waals surface area contributed by atoms with Gasteiger partial charge in [0.25, 0.3) is 11.8 Å². The van der Waals surface area contributed by atoms with Crippen LogP contribution in [0, 0.1) is 5.92 Å². The van der Waals surface area contributed by atoms with Gasteiger partial charge in [-0.15, -0.1) is 0 Å². The van der Waals surface area contributed by atoms with Gasteiger partial charge in [0.05, 0.1) is 12.0 Å². The third kappa shape index (κ3) is 11.5. The van der Waals surface area contributed by atoms with Crippen molar-refractivity contribution in [2.75, 3.05) is 5.32 Å². The van der Waals surface area contributed by atoms with Crippen LogP contribution in [0.15, 0.2) is 103 Å². The second-order valence-electron chi connectivity index (χ2n) is 13.5. The van der Waals surface area contributed by atoms with Crippen molar-refractivity contribution >= 4 is 64.3 Å². The number of carbonyl (C=O) groups is 6. The normalized spacial score (nSPS) is 22.9. The second kappa shape index (κ2) is 19.3. The number of aliphatic hydroxyl groups is 2. The molecule has 0 spiro atoms. The van der Waals surface area contributed by atoms with E-state index in [1.807, 2.05) is 0 Å². The molecule has 6 rings (SSSR count). The molecule has 0 saturated heterocycles. The first-order valence-electron chi connectivity index (χ1n) is 17.7. The number of nitrogens with one attached hydrogen (secondary N) is 4. The molecule has 0 aliphatic carbocycles. The molecule has 4 amide bonds. The Morgan fingerprint density at radius 2 is 1.12 bits per heavy atom. The molecule has 6 atom stereocenters. The molecular weight excluding hydrogens is 763 g/mol. The monoisotopic (exact) mass is 802 g/mol. The van der Waals surface area contributed by atoms with Crippen LogP contribution in [0.3, 0.4) is 0 Å². The standard InChI is InChI=1S/C41H40Cl2N4O9/c42-28-14-13-26(30(43)22-28)20-33-38(52)45-31(18-23-7-3-1-4-8-23)34(48)21-27(41(55)56)17-25-11-15-29(16-12-25)44-39(53)35(49)36(50)40(54)47-32(37(51)46-33)19-24-9-5-2-6-10-24/h1-16,22,27,31-33,35-36,49-50H,17-21H2,(H,44,53)(H,45,52)(H,46,51)(H,47,54)(H,55,56)/t27-,31+,32+,33-,35+,36+/m0/s1. The largest absolute Gasteiger partial charge is 0.481 e. The first kappa shape index (κ1) is 41.6. The summed E-state index contributed by atoms with van der Waals surface area (Å²) in [5, 5.41) is 42.3. The lowest BCUT2D eigenvalue weighted by molar-refractivity contribution is -0.145. The van der Waals surface area contributed by atoms with Crippen molar-refractivity contribution in [1.82, 2.24) is 16.0 Å². The van der Waals surface area contributed by atoms with Crippen LogP contribution in [0.25, 0.3) is 0 Å². The number of aliphatic hydroxyl groups excluding tert-OH is 2. The van der Waals surface area contributed by atoms with Crippen LogP contribution >= 0.6 is 23.2 Å². The SMILES string of the molecule is O=C(O)[C@@H]1CC(=O)[C@@H](Cc2ccccc2)NC(=O)[C@H](Cc2ccc(Cl)cc2Cl)NC(=O)[C@@H](Cc2ccccc2)NC(=O)[C@H](O)[C@@H](O)C(=O)Nc2ccc(cc2)C1. The lowest BCUT2D eigenvalue weighted by Crippen LogP contribution is -2.59. The molecule has 56 heavy (non-hydrogen) atoms. The van der Waals surface area contributed by atoms with E-state index < -0.39 is 78.1 Å². The van der Waals surface area contributed by atoms with Crippen molar-refractivity contribution < 1.29 is 44.1 Å². The fourth-order valence-corrected chi connectivity index (χ4v) is 6.70. The second-order valence-corrected chi connectivity index (χ2v) is 14.3. The maximum atomic E-state index is 14.3. The summed E-state index contributed by atoms with van der Waals surface area (Å²) in [6, 6.07) is 23.7. The van der Waals surface area contributed by atoms with Gasteiger partial charge in [-0.3, -0.25) is 28.8 Å². The minimum Gasteiger partial charge on any atom is -0.481 e. The summed E-state index contributed by atoms with van der Waals surface area (Å²) in [5.74, 6) is -7.12. The van der Waals surface area contributed by atoms with Crippen molar-refractivity contribution in [2.45, 2.75) is 62.4 Å². The lowest BCUT2D eigenvalue weighted by Gasteiger charge is -2.27. The summed E-state index contributed by atoms with van der Waals surface area (Å²) in [7, 11) is 0. The molecule has 4 aromatic carbocycles. The minimum absolute atomic E-state index is 0.00141. The average Bonchev–Trinajstić information content (AvgIpc) is 3.18. The number of carbonyl (C=O) groups excluding carboxylic acids is 5. The zero-order chi connectivity index (χ0) is 40.4. The Labute approximate surface area is 332 Å². The quantitative estimate of drug-likeness (QED) is 0.137. The first-order chi connectivity index (χ1) is 26.8. The molecule has 2 aliphatic heterocycles. The fraction of sp³-hybridized carbons (Fsp3) is 0.268. The Kier molecular flexibility index (Phi) is 14.3. The average molecular weight is 804 g/mol. The van der Waals surface area contributed by atoms with Gasteiger partial charge < -0.3 is 36.6 Å². The predicted octanol–water partition coefficient (Wildman–Crippen LogP) is 3.05. The summed E-state index contributed by atoms with van der Waals surface area (Å²) < 4.78 is 0. The van der Waals surface area contributed by atoms with E-state index in [0.717, 1.165) is 0 Å². The number of Topliss-reactive ketones (excluding diaryl/α,β-unsaturated/α-hetero) is 1. The van der Waals surface area contributed by atoms with Crippen LogP contribution in [-0.2, 0) is 54.5 Å². The van der Waals surface area contributed by atoms with E-state index in [-0.39, 0.29) is 36.4 Å². The zero-order valence-corrected chi connectivity index (χ0v) is 31.4. The van der Waals surface area contributed by atoms with Gasteiger partial charge in [0.15, 0.2) is 18.0 Å². The third-order valence-corrected chi connectivity index (χ3v) is 9.90. The summed E-state index contributed by atoms with van der Waals surface area (Å²) in [5.41, 5.74) is 2.33.